The van der Waals surface area contributed by atoms with E-state index in [-0.39, 0.29) is 17.9 Å². The van der Waals surface area contributed by atoms with Gasteiger partial charge in [0.1, 0.15) is 0 Å². The fraction of sp³-hybridized carbons (Fsp3) is 0.625. The molecule has 4 nitrogen and oxygen atoms in total. The van der Waals surface area contributed by atoms with Crippen LogP contribution < -0.4 is 5.73 Å². The monoisotopic (exact) mass is 275 g/mol. The SMILES string of the molecule is CC(C)CC(CN)C(=O)N1CCCC1c1ccncc1. The van der Waals surface area contributed by atoms with E-state index in [1.54, 1.807) is 12.4 Å². The first-order chi connectivity index (χ1) is 9.63. The molecule has 2 rings (SSSR count). The molecule has 1 aromatic heterocycles. The van der Waals surface area contributed by atoms with Gasteiger partial charge < -0.3 is 10.6 Å². The molecule has 110 valence electrons. The number of hydrogen-bond donors (Lipinski definition) is 1. The Morgan fingerprint density at radius 1 is 1.45 bits per heavy atom. The largest absolute Gasteiger partial charge is 0.335 e. The maximum absolute atomic E-state index is 12.7. The molecule has 1 fully saturated rings. The van der Waals surface area contributed by atoms with Gasteiger partial charge in [0.15, 0.2) is 0 Å². The van der Waals surface area contributed by atoms with Gasteiger partial charge in [0.25, 0.3) is 0 Å². The molecule has 0 aliphatic carbocycles. The van der Waals surface area contributed by atoms with Crippen molar-refractivity contribution in [3.8, 4) is 0 Å². The molecule has 1 saturated heterocycles. The summed E-state index contributed by atoms with van der Waals surface area (Å²) < 4.78 is 0. The lowest BCUT2D eigenvalue weighted by molar-refractivity contribution is -0.136. The third-order valence-corrected chi connectivity index (χ3v) is 4.02. The highest BCUT2D eigenvalue weighted by atomic mass is 16.2. The van der Waals surface area contributed by atoms with E-state index in [0.29, 0.717) is 12.5 Å². The quantitative estimate of drug-likeness (QED) is 0.897. The second-order valence-corrected chi connectivity index (χ2v) is 6.03. The molecule has 1 aromatic rings. The lowest BCUT2D eigenvalue weighted by Crippen LogP contribution is -2.39. The van der Waals surface area contributed by atoms with Crippen LogP contribution in [0.15, 0.2) is 24.5 Å². The van der Waals surface area contributed by atoms with Crippen molar-refractivity contribution in [1.29, 1.82) is 0 Å². The average Bonchev–Trinajstić information content (AvgIpc) is 2.94. The molecule has 0 bridgehead atoms. The predicted octanol–water partition coefficient (Wildman–Crippen LogP) is 2.37. The summed E-state index contributed by atoms with van der Waals surface area (Å²) in [6, 6.07) is 4.22. The Morgan fingerprint density at radius 3 is 2.75 bits per heavy atom. The topological polar surface area (TPSA) is 59.2 Å². The van der Waals surface area contributed by atoms with E-state index in [4.69, 9.17) is 5.73 Å². The van der Waals surface area contributed by atoms with Crippen LogP contribution in [0, 0.1) is 11.8 Å². The lowest BCUT2D eigenvalue weighted by Gasteiger charge is -2.29. The van der Waals surface area contributed by atoms with Crippen LogP contribution in [-0.2, 0) is 4.79 Å². The first-order valence-electron chi connectivity index (χ1n) is 7.54. The van der Waals surface area contributed by atoms with Crippen molar-refractivity contribution in [2.45, 2.75) is 39.2 Å². The molecule has 1 aliphatic rings. The Labute approximate surface area is 121 Å². The summed E-state index contributed by atoms with van der Waals surface area (Å²) in [4.78, 5) is 18.8. The normalized spacial score (nSPS) is 20.4. The third kappa shape index (κ3) is 3.37. The zero-order valence-corrected chi connectivity index (χ0v) is 12.5. The molecule has 20 heavy (non-hydrogen) atoms. The molecular formula is C16H25N3O. The van der Waals surface area contributed by atoms with Crippen molar-refractivity contribution >= 4 is 5.91 Å². The summed E-state index contributed by atoms with van der Waals surface area (Å²) in [6.45, 7) is 5.57. The molecule has 0 spiro atoms. The number of nitrogens with zero attached hydrogens (tertiary/aromatic N) is 2. The summed E-state index contributed by atoms with van der Waals surface area (Å²) in [5.41, 5.74) is 7.00. The number of aromatic nitrogens is 1. The van der Waals surface area contributed by atoms with Gasteiger partial charge in [0.2, 0.25) is 5.91 Å². The van der Waals surface area contributed by atoms with E-state index in [1.807, 2.05) is 17.0 Å². The van der Waals surface area contributed by atoms with E-state index in [9.17, 15) is 4.79 Å². The van der Waals surface area contributed by atoms with E-state index >= 15 is 0 Å². The molecule has 1 amide bonds. The molecule has 1 aliphatic heterocycles. The van der Waals surface area contributed by atoms with Gasteiger partial charge >= 0.3 is 0 Å². The molecule has 2 N–H and O–H groups in total. The van der Waals surface area contributed by atoms with Crippen molar-refractivity contribution in [2.75, 3.05) is 13.1 Å². The van der Waals surface area contributed by atoms with Gasteiger partial charge in [-0.25, -0.2) is 0 Å². The molecule has 0 aromatic carbocycles. The van der Waals surface area contributed by atoms with Gasteiger partial charge in [-0.05, 0) is 42.9 Å². The highest BCUT2D eigenvalue weighted by molar-refractivity contribution is 5.80. The van der Waals surface area contributed by atoms with Gasteiger partial charge in [-0.2, -0.15) is 0 Å². The standard InChI is InChI=1S/C16H25N3O/c1-12(2)10-14(11-17)16(20)19-9-3-4-15(19)13-5-7-18-8-6-13/h5-8,12,14-15H,3-4,9-11,17H2,1-2H3. The van der Waals surface area contributed by atoms with Crippen LogP contribution >= 0.6 is 0 Å². The summed E-state index contributed by atoms with van der Waals surface area (Å²) in [5.74, 6) is 0.674. The second kappa shape index (κ2) is 6.84. The van der Waals surface area contributed by atoms with Crippen LogP contribution in [-0.4, -0.2) is 28.9 Å². The summed E-state index contributed by atoms with van der Waals surface area (Å²) in [5, 5.41) is 0. The number of carbonyl (C=O) groups excluding carboxylic acids is 1. The molecule has 4 heteroatoms. The minimum Gasteiger partial charge on any atom is -0.335 e. The van der Waals surface area contributed by atoms with Crippen LogP contribution in [0.25, 0.3) is 0 Å². The zero-order chi connectivity index (χ0) is 14.5. The molecule has 2 unspecified atom stereocenters. The van der Waals surface area contributed by atoms with E-state index in [2.05, 4.69) is 18.8 Å². The van der Waals surface area contributed by atoms with Gasteiger partial charge in [-0.15, -0.1) is 0 Å². The Hall–Kier alpha value is -1.42. The van der Waals surface area contributed by atoms with Crippen molar-refractivity contribution < 1.29 is 4.79 Å². The van der Waals surface area contributed by atoms with Crippen LogP contribution in [0.2, 0.25) is 0 Å². The Kier molecular flexibility index (Phi) is 5.12. The van der Waals surface area contributed by atoms with Gasteiger partial charge in [0, 0.05) is 25.5 Å². The number of rotatable bonds is 5. The van der Waals surface area contributed by atoms with Crippen LogP contribution in [0.5, 0.6) is 0 Å². The number of amides is 1. The maximum atomic E-state index is 12.7. The first-order valence-corrected chi connectivity index (χ1v) is 7.54. The Bertz CT molecular complexity index is 433. The summed E-state index contributed by atoms with van der Waals surface area (Å²) in [6.07, 6.45) is 6.57. The smallest absolute Gasteiger partial charge is 0.227 e. The van der Waals surface area contributed by atoms with Crippen LogP contribution in [0.1, 0.15) is 44.7 Å². The summed E-state index contributed by atoms with van der Waals surface area (Å²) in [7, 11) is 0. The van der Waals surface area contributed by atoms with E-state index in [0.717, 1.165) is 25.8 Å². The first kappa shape index (κ1) is 15.0. The van der Waals surface area contributed by atoms with Gasteiger partial charge in [0.05, 0.1) is 12.0 Å². The van der Waals surface area contributed by atoms with Crippen LogP contribution in [0.4, 0.5) is 0 Å². The highest BCUT2D eigenvalue weighted by Crippen LogP contribution is 2.33. The van der Waals surface area contributed by atoms with E-state index in [1.165, 1.54) is 5.56 Å². The maximum Gasteiger partial charge on any atom is 0.227 e. The zero-order valence-electron chi connectivity index (χ0n) is 12.5. The fourth-order valence-corrected chi connectivity index (χ4v) is 3.06. The van der Waals surface area contributed by atoms with Crippen molar-refractivity contribution in [2.24, 2.45) is 17.6 Å². The molecule has 0 saturated carbocycles. The lowest BCUT2D eigenvalue weighted by atomic mass is 9.95. The fourth-order valence-electron chi connectivity index (χ4n) is 3.06. The number of likely N-dealkylation sites (tertiary alicyclic amines) is 1. The molecule has 2 atom stereocenters. The summed E-state index contributed by atoms with van der Waals surface area (Å²) >= 11 is 0. The number of nitrogens with two attached hydrogens (primary N) is 1. The average molecular weight is 275 g/mol. The van der Waals surface area contributed by atoms with Crippen molar-refractivity contribution in [3.63, 3.8) is 0 Å². The molecule has 0 radical (unpaired) electrons. The highest BCUT2D eigenvalue weighted by Gasteiger charge is 2.33. The number of pyridine rings is 1. The minimum absolute atomic E-state index is 0.0440. The van der Waals surface area contributed by atoms with Gasteiger partial charge in [-0.1, -0.05) is 13.8 Å². The van der Waals surface area contributed by atoms with Crippen molar-refractivity contribution in [3.05, 3.63) is 30.1 Å². The number of carbonyl (C=O) groups is 1. The Balaban J connectivity index is 2.12. The molecular weight excluding hydrogens is 250 g/mol. The van der Waals surface area contributed by atoms with Gasteiger partial charge in [-0.3, -0.25) is 9.78 Å². The van der Waals surface area contributed by atoms with Crippen LogP contribution in [0.3, 0.4) is 0 Å². The Morgan fingerprint density at radius 2 is 2.15 bits per heavy atom. The number of hydrogen-bond acceptors (Lipinski definition) is 3. The second-order valence-electron chi connectivity index (χ2n) is 6.03. The van der Waals surface area contributed by atoms with E-state index < -0.39 is 0 Å². The third-order valence-electron chi connectivity index (χ3n) is 4.02. The minimum atomic E-state index is -0.0440. The predicted molar refractivity (Wildman–Crippen MR) is 79.9 cm³/mol. The van der Waals surface area contributed by atoms with Crippen molar-refractivity contribution in [1.82, 2.24) is 9.88 Å². The molecule has 2 heterocycles.